The fourth-order valence-electron chi connectivity index (χ4n) is 4.56. The average molecular weight is 462 g/mol. The Morgan fingerprint density at radius 3 is 2.50 bits per heavy atom. The molecule has 1 aliphatic rings. The van der Waals surface area contributed by atoms with Gasteiger partial charge < -0.3 is 9.88 Å². The number of piperazine rings is 1. The van der Waals surface area contributed by atoms with E-state index >= 15 is 0 Å². The van der Waals surface area contributed by atoms with Gasteiger partial charge in [0.2, 0.25) is 0 Å². The maximum Gasteiger partial charge on any atom is 0.253 e. The zero-order chi connectivity index (χ0) is 23.7. The van der Waals surface area contributed by atoms with Gasteiger partial charge in [0.1, 0.15) is 11.9 Å². The minimum Gasteiger partial charge on any atom is -0.322 e. The van der Waals surface area contributed by atoms with Crippen LogP contribution in [-0.4, -0.2) is 68.2 Å². The van der Waals surface area contributed by atoms with Crippen molar-refractivity contribution in [3.63, 3.8) is 0 Å². The van der Waals surface area contributed by atoms with Gasteiger partial charge in [-0.05, 0) is 70.7 Å². The Morgan fingerprint density at radius 1 is 1.03 bits per heavy atom. The zero-order valence-corrected chi connectivity index (χ0v) is 19.4. The van der Waals surface area contributed by atoms with Crippen LogP contribution in [0.15, 0.2) is 53.3 Å². The van der Waals surface area contributed by atoms with E-state index in [-0.39, 0.29) is 11.4 Å². The molecule has 0 bridgehead atoms. The predicted molar refractivity (Wildman–Crippen MR) is 128 cm³/mol. The molecule has 9 heteroatoms. The Morgan fingerprint density at radius 2 is 1.76 bits per heavy atom. The number of pyridine rings is 1. The van der Waals surface area contributed by atoms with Crippen LogP contribution >= 0.6 is 0 Å². The number of rotatable bonds is 6. The van der Waals surface area contributed by atoms with Crippen molar-refractivity contribution in [2.45, 2.75) is 25.9 Å². The topological polar surface area (TPSA) is 82.9 Å². The van der Waals surface area contributed by atoms with Crippen molar-refractivity contribution in [2.24, 2.45) is 0 Å². The second-order valence-electron chi connectivity index (χ2n) is 8.89. The van der Waals surface area contributed by atoms with Gasteiger partial charge in [-0.1, -0.05) is 25.1 Å². The summed E-state index contributed by atoms with van der Waals surface area (Å²) in [6.45, 7) is 5.86. The van der Waals surface area contributed by atoms with Crippen LogP contribution in [-0.2, 0) is 13.0 Å². The van der Waals surface area contributed by atoms with E-state index < -0.39 is 6.04 Å². The largest absolute Gasteiger partial charge is 0.322 e. The third kappa shape index (κ3) is 4.49. The first-order chi connectivity index (χ1) is 16.5. The number of hydrogen-bond donors (Lipinski definition) is 1. The van der Waals surface area contributed by atoms with Gasteiger partial charge in [0.05, 0.1) is 6.54 Å². The van der Waals surface area contributed by atoms with Crippen LogP contribution < -0.4 is 5.56 Å². The molecule has 0 radical (unpaired) electrons. The number of likely N-dealkylation sites (N-methyl/N-ethyl adjacent to an activating group) is 1. The molecule has 2 aromatic carbocycles. The van der Waals surface area contributed by atoms with Crippen LogP contribution in [0.3, 0.4) is 0 Å². The minimum absolute atomic E-state index is 0.142. The first-order valence-corrected chi connectivity index (χ1v) is 11.6. The van der Waals surface area contributed by atoms with E-state index in [4.69, 9.17) is 0 Å². The summed E-state index contributed by atoms with van der Waals surface area (Å²) in [4.78, 5) is 20.9. The highest BCUT2D eigenvalue weighted by molar-refractivity contribution is 5.80. The Kier molecular flexibility index (Phi) is 6.21. The third-order valence-electron chi connectivity index (χ3n) is 6.59. The number of aromatic amines is 1. The number of fused-ring (bicyclic) bond motifs is 1. The van der Waals surface area contributed by atoms with Crippen molar-refractivity contribution in [3.05, 3.63) is 87.2 Å². The van der Waals surface area contributed by atoms with Crippen LogP contribution in [0.2, 0.25) is 0 Å². The molecule has 34 heavy (non-hydrogen) atoms. The standard InChI is InChI=1S/C25H28FN7O/c1-3-17-6-9-22-19(14-17)15-21(25(34)27-22)23(32-12-10-31(2)11-13-32)24-28-29-30-33(24)16-18-4-7-20(26)8-5-18/h4-9,14-15,23H,3,10-13,16H2,1-2H3,(H,27,34). The number of halogens is 1. The van der Waals surface area contributed by atoms with Crippen LogP contribution in [0.25, 0.3) is 10.9 Å². The minimum atomic E-state index is -0.400. The van der Waals surface area contributed by atoms with Crippen molar-refractivity contribution >= 4 is 10.9 Å². The highest BCUT2D eigenvalue weighted by Gasteiger charge is 2.32. The summed E-state index contributed by atoms with van der Waals surface area (Å²) in [5.41, 5.74) is 3.39. The summed E-state index contributed by atoms with van der Waals surface area (Å²) >= 11 is 0. The Balaban J connectivity index is 1.60. The van der Waals surface area contributed by atoms with E-state index in [0.717, 1.165) is 49.1 Å². The molecule has 4 aromatic rings. The molecule has 0 spiro atoms. The molecule has 2 aromatic heterocycles. The number of tetrazole rings is 1. The first kappa shape index (κ1) is 22.4. The Hall–Kier alpha value is -3.43. The lowest BCUT2D eigenvalue weighted by atomic mass is 10.0. The van der Waals surface area contributed by atoms with Gasteiger partial charge in [-0.3, -0.25) is 9.69 Å². The van der Waals surface area contributed by atoms with Crippen LogP contribution in [0.5, 0.6) is 0 Å². The van der Waals surface area contributed by atoms with Gasteiger partial charge in [-0.25, -0.2) is 9.07 Å². The molecule has 5 rings (SSSR count). The molecular weight excluding hydrogens is 433 g/mol. The highest BCUT2D eigenvalue weighted by atomic mass is 19.1. The lowest BCUT2D eigenvalue weighted by Crippen LogP contribution is -2.47. The lowest BCUT2D eigenvalue weighted by molar-refractivity contribution is 0.121. The molecule has 1 N–H and O–H groups in total. The SMILES string of the molecule is CCc1ccc2[nH]c(=O)c(C(c3nnnn3Cc3ccc(F)cc3)N3CCN(C)CC3)cc2c1. The second kappa shape index (κ2) is 9.44. The second-order valence-corrected chi connectivity index (χ2v) is 8.89. The van der Waals surface area contributed by atoms with Crippen LogP contribution in [0, 0.1) is 5.82 Å². The fraction of sp³-hybridized carbons (Fsp3) is 0.360. The number of hydrogen-bond acceptors (Lipinski definition) is 6. The summed E-state index contributed by atoms with van der Waals surface area (Å²) < 4.78 is 15.1. The lowest BCUT2D eigenvalue weighted by Gasteiger charge is -2.37. The van der Waals surface area contributed by atoms with Gasteiger partial charge in [0.25, 0.3) is 5.56 Å². The van der Waals surface area contributed by atoms with Gasteiger partial charge >= 0.3 is 0 Å². The van der Waals surface area contributed by atoms with Gasteiger partial charge in [-0.15, -0.1) is 5.10 Å². The molecule has 1 atom stereocenters. The van der Waals surface area contributed by atoms with Crippen molar-refractivity contribution < 1.29 is 4.39 Å². The summed E-state index contributed by atoms with van der Waals surface area (Å²) in [6.07, 6.45) is 0.919. The van der Waals surface area contributed by atoms with Gasteiger partial charge in [0, 0.05) is 37.3 Å². The maximum atomic E-state index is 13.4. The van der Waals surface area contributed by atoms with Crippen molar-refractivity contribution in [1.82, 2.24) is 35.0 Å². The molecule has 0 aliphatic carbocycles. The summed E-state index contributed by atoms with van der Waals surface area (Å²) in [5.74, 6) is 0.315. The van der Waals surface area contributed by atoms with E-state index in [1.807, 2.05) is 18.2 Å². The number of aromatic nitrogens is 5. The van der Waals surface area contributed by atoms with E-state index in [0.29, 0.717) is 17.9 Å². The molecule has 0 saturated carbocycles. The fourth-order valence-corrected chi connectivity index (χ4v) is 4.56. The van der Waals surface area contributed by atoms with Gasteiger partial charge in [-0.2, -0.15) is 0 Å². The molecule has 1 fully saturated rings. The first-order valence-electron chi connectivity index (χ1n) is 11.6. The van der Waals surface area contributed by atoms with Gasteiger partial charge in [0.15, 0.2) is 5.82 Å². The normalized spacial score (nSPS) is 16.2. The number of nitrogens with zero attached hydrogens (tertiary/aromatic N) is 6. The van der Waals surface area contributed by atoms with Crippen LogP contribution in [0.1, 0.15) is 35.5 Å². The number of benzene rings is 2. The molecule has 3 heterocycles. The summed E-state index contributed by atoms with van der Waals surface area (Å²) in [5, 5.41) is 13.5. The molecule has 1 saturated heterocycles. The van der Waals surface area contributed by atoms with E-state index in [2.05, 4.69) is 50.3 Å². The number of aryl methyl sites for hydroxylation is 1. The number of nitrogens with one attached hydrogen (secondary N) is 1. The molecular formula is C25H28FN7O. The van der Waals surface area contributed by atoms with E-state index in [1.54, 1.807) is 16.8 Å². The summed E-state index contributed by atoms with van der Waals surface area (Å²) in [7, 11) is 2.10. The molecule has 0 amide bonds. The highest BCUT2D eigenvalue weighted by Crippen LogP contribution is 2.28. The molecule has 8 nitrogen and oxygen atoms in total. The Bertz CT molecular complexity index is 1340. The van der Waals surface area contributed by atoms with Crippen molar-refractivity contribution in [2.75, 3.05) is 33.2 Å². The summed E-state index contributed by atoms with van der Waals surface area (Å²) in [6, 6.07) is 14.0. The molecule has 176 valence electrons. The zero-order valence-electron chi connectivity index (χ0n) is 19.4. The van der Waals surface area contributed by atoms with E-state index in [1.165, 1.54) is 17.7 Å². The smallest absolute Gasteiger partial charge is 0.253 e. The monoisotopic (exact) mass is 461 g/mol. The number of H-pyrrole nitrogens is 1. The molecule has 1 aliphatic heterocycles. The third-order valence-corrected chi connectivity index (χ3v) is 6.59. The Labute approximate surface area is 197 Å². The van der Waals surface area contributed by atoms with Crippen molar-refractivity contribution in [1.29, 1.82) is 0 Å². The maximum absolute atomic E-state index is 13.4. The van der Waals surface area contributed by atoms with E-state index in [9.17, 15) is 9.18 Å². The quantitative estimate of drug-likeness (QED) is 0.475. The van der Waals surface area contributed by atoms with Crippen LogP contribution in [0.4, 0.5) is 4.39 Å². The predicted octanol–water partition coefficient (Wildman–Crippen LogP) is 2.60. The molecule has 1 unspecified atom stereocenters. The average Bonchev–Trinajstić information content (AvgIpc) is 3.29. The van der Waals surface area contributed by atoms with Crippen molar-refractivity contribution in [3.8, 4) is 0 Å².